The van der Waals surface area contributed by atoms with Crippen molar-refractivity contribution in [3.8, 4) is 44.5 Å². The number of hydrogen-bond acceptors (Lipinski definition) is 25. The molecule has 6 aliphatic rings. The molecule has 0 radical (unpaired) electrons. The van der Waals surface area contributed by atoms with Crippen molar-refractivity contribution in [2.24, 2.45) is 5.92 Å². The fraction of sp³-hybridized carbons (Fsp3) is 0.302. The summed E-state index contributed by atoms with van der Waals surface area (Å²) in [4.78, 5) is 127. The second kappa shape index (κ2) is 44.1. The van der Waals surface area contributed by atoms with Crippen LogP contribution in [0.2, 0.25) is 0 Å². The van der Waals surface area contributed by atoms with Gasteiger partial charge in [-0.15, -0.1) is 0 Å². The number of fused-ring (bicyclic) bond motifs is 4. The summed E-state index contributed by atoms with van der Waals surface area (Å²) >= 11 is 0. The number of nitrogens with one attached hydrogen (secondary N) is 10. The predicted octanol–water partition coefficient (Wildman–Crippen LogP) is 17.4. The van der Waals surface area contributed by atoms with E-state index in [2.05, 4.69) is 154 Å². The maximum absolute atomic E-state index is 13.1. The number of morpholine rings is 1. The largest absolute Gasteiger partial charge is 0.378 e. The Balaban J connectivity index is 0.000000120. The van der Waals surface area contributed by atoms with E-state index in [0.717, 1.165) is 210 Å². The molecule has 5 saturated heterocycles. The van der Waals surface area contributed by atoms with Crippen molar-refractivity contribution in [2.45, 2.75) is 96.4 Å². The number of hydrogen-bond donors (Lipinski definition) is 10. The Morgan fingerprint density at radius 3 is 0.965 bits per heavy atom. The Morgan fingerprint density at radius 2 is 0.641 bits per heavy atom. The first kappa shape index (κ1) is 94.5. The minimum Gasteiger partial charge on any atom is -0.378 e. The highest BCUT2D eigenvalue weighted by molar-refractivity contribution is 6.15. The number of H-pyrrole nitrogens is 4. The number of benzene rings is 4. The molecular weight excluding hydrogens is 1790 g/mol. The molecule has 36 heteroatoms. The van der Waals surface area contributed by atoms with Gasteiger partial charge < -0.3 is 70.9 Å². The topological polar surface area (TPSA) is 424 Å². The van der Waals surface area contributed by atoms with E-state index in [1.165, 1.54) is 81.9 Å². The van der Waals surface area contributed by atoms with Crippen LogP contribution >= 0.6 is 0 Å². The lowest BCUT2D eigenvalue weighted by molar-refractivity contribution is -0.117. The second-order valence-electron chi connectivity index (χ2n) is 36.8. The van der Waals surface area contributed by atoms with Gasteiger partial charge in [-0.3, -0.25) is 64.3 Å². The SMILES string of the molecule is CN(C)C(=O)Nc1cncc(-c2ccc3[nH]nc(C(=O)Nc4ccc(N5CCCCC5)nc4)c3c2)c1.CN(C)Cc1cncc(-c2ccc3[nH]nc(C(=O)Nc4ccc(N5CCCCC5)nc4)c3c2)c1.O=C(Nc1ccc(N2CCCCC2)nc1)c1n[nH]c2ccc(-c3cncc(N4CCOCC4)c3)cc12.O=C(Nc1ccc(N2CCCCC2)nc1)c1n[nH]c2ccc(-c3cncc(NC(=O)C4CC4)c3)cc12. The molecule has 0 unspecified atom stereocenters. The Kier molecular flexibility index (Phi) is 29.3. The number of rotatable bonds is 22. The van der Waals surface area contributed by atoms with Crippen LogP contribution < -0.4 is 56.4 Å². The van der Waals surface area contributed by atoms with Gasteiger partial charge in [-0.1, -0.05) is 24.3 Å². The summed E-state index contributed by atoms with van der Waals surface area (Å²) in [5, 5.41) is 49.3. The second-order valence-corrected chi connectivity index (χ2v) is 36.8. The highest BCUT2D eigenvalue weighted by Gasteiger charge is 2.31. The van der Waals surface area contributed by atoms with E-state index >= 15 is 0 Å². The van der Waals surface area contributed by atoms with Crippen LogP contribution in [0.4, 0.5) is 67.9 Å². The number of anilines is 11. The fourth-order valence-electron chi connectivity index (χ4n) is 18.1. The summed E-state index contributed by atoms with van der Waals surface area (Å²) in [6, 6.07) is 46.5. The number of pyridine rings is 8. The molecule has 4 aromatic carbocycles. The molecule has 5 aliphatic heterocycles. The predicted molar refractivity (Wildman–Crippen MR) is 555 cm³/mol. The van der Waals surface area contributed by atoms with Crippen LogP contribution in [0.15, 0.2) is 220 Å². The van der Waals surface area contributed by atoms with Crippen LogP contribution in [-0.4, -0.2) is 233 Å². The van der Waals surface area contributed by atoms with E-state index in [9.17, 15) is 28.8 Å². The number of ether oxygens (including phenoxy) is 1. The highest BCUT2D eigenvalue weighted by atomic mass is 16.5. The fourth-order valence-corrected chi connectivity index (χ4v) is 18.1. The van der Waals surface area contributed by atoms with E-state index in [4.69, 9.17) is 4.74 Å². The number of urea groups is 1. The first-order chi connectivity index (χ1) is 69.4. The summed E-state index contributed by atoms with van der Waals surface area (Å²) in [5.74, 6) is 2.76. The van der Waals surface area contributed by atoms with Crippen LogP contribution in [0.25, 0.3) is 88.1 Å². The lowest BCUT2D eigenvalue weighted by atomic mass is 10.0. The van der Waals surface area contributed by atoms with Gasteiger partial charge in [0, 0.05) is 167 Å². The molecule has 17 heterocycles. The van der Waals surface area contributed by atoms with Crippen molar-refractivity contribution in [3.05, 3.63) is 248 Å². The first-order valence-electron chi connectivity index (χ1n) is 48.5. The zero-order chi connectivity index (χ0) is 97.4. The molecule has 142 heavy (non-hydrogen) atoms. The molecule has 36 nitrogen and oxygen atoms in total. The third-order valence-electron chi connectivity index (χ3n) is 25.9. The third kappa shape index (κ3) is 23.2. The molecule has 1 aliphatic carbocycles. The van der Waals surface area contributed by atoms with Crippen molar-refractivity contribution in [3.63, 3.8) is 0 Å². The molecule has 6 fully saturated rings. The standard InChI is InChI=1S/C27H29N7O2.C27H27N7O2.C26H28N8O2.C26H29N7O/c35-27(30-21-5-7-25(29-17-21)34-8-2-1-3-9-34)26-23-15-19(4-6-24(23)31-32-26)20-14-22(18-28-16-20)33-10-12-36-13-11-33;35-26(17-4-5-17)31-21-12-19(14-28-15-21)18-6-8-23-22(13-18)25(33-32-23)27(36)30-20-7-9-24(29-16-20)34-10-2-1-3-11-34;1-33(2)26(36)30-20-12-18(14-27-15-20)17-6-8-22-21(13-17)24(32-31-22)25(35)29-19-7-9-23(28-16-19)34-10-4-3-5-11-34;1-32(2)17-18-12-20(15-27-14-18)19-6-8-23-22(13-19)25(31-30-23)26(34)29-21-7-9-24(28-16-21)33-10-4-3-5-11-33/h4-7,14-18H,1-3,8-13H2,(H,30,35)(H,31,32);6-9,12-17H,1-5,10-11H2,(H,30,36)(H,31,35)(H,32,33);6-9,12-16H,3-5,10-11H2,1-2H3,(H,29,35)(H,30,36)(H,31,32);6-9,12-16H,3-5,10-11,17H2,1-2H3,(H,29,34)(H,30,31). The molecule has 7 amide bonds. The average Bonchev–Trinajstić information content (AvgIpc) is 1.67. The van der Waals surface area contributed by atoms with E-state index < -0.39 is 0 Å². The molecule has 0 bridgehead atoms. The Labute approximate surface area is 820 Å². The lowest BCUT2D eigenvalue weighted by Crippen LogP contribution is -2.36. The Bertz CT molecular complexity index is 6940. The molecule has 0 atom stereocenters. The van der Waals surface area contributed by atoms with E-state index in [0.29, 0.717) is 62.0 Å². The molecule has 22 rings (SSSR count). The smallest absolute Gasteiger partial charge is 0.321 e. The van der Waals surface area contributed by atoms with Gasteiger partial charge in [0.1, 0.15) is 23.3 Å². The minimum atomic E-state index is -0.323. The first-order valence-corrected chi connectivity index (χ1v) is 48.5. The summed E-state index contributed by atoms with van der Waals surface area (Å²) < 4.78 is 5.47. The van der Waals surface area contributed by atoms with Gasteiger partial charge in [-0.25, -0.2) is 24.7 Å². The van der Waals surface area contributed by atoms with E-state index in [-0.39, 0.29) is 47.2 Å². The van der Waals surface area contributed by atoms with E-state index in [1.807, 2.05) is 172 Å². The van der Waals surface area contributed by atoms with Crippen LogP contribution in [0.3, 0.4) is 0 Å². The Hall–Kier alpha value is -16.5. The van der Waals surface area contributed by atoms with Gasteiger partial charge >= 0.3 is 6.03 Å². The van der Waals surface area contributed by atoms with Gasteiger partial charge in [0.2, 0.25) is 5.91 Å². The number of piperidine rings is 4. The number of aromatic amines is 4. The zero-order valence-electron chi connectivity index (χ0n) is 79.8. The van der Waals surface area contributed by atoms with Crippen molar-refractivity contribution < 1.29 is 33.5 Å². The maximum atomic E-state index is 13.1. The van der Waals surface area contributed by atoms with Crippen molar-refractivity contribution >= 4 is 142 Å². The summed E-state index contributed by atoms with van der Waals surface area (Å²) in [7, 11) is 7.41. The number of aromatic nitrogens is 16. The summed E-state index contributed by atoms with van der Waals surface area (Å²) in [6.07, 6.45) is 37.4. The molecule has 724 valence electrons. The average molecular weight is 1910 g/mol. The monoisotopic (exact) mass is 1900 g/mol. The maximum Gasteiger partial charge on any atom is 0.321 e. The minimum absolute atomic E-state index is 0.0386. The van der Waals surface area contributed by atoms with Gasteiger partial charge in [0.25, 0.3) is 23.6 Å². The number of nitrogens with zero attached hydrogens (tertiary/aromatic N) is 19. The van der Waals surface area contributed by atoms with Crippen LogP contribution in [0.1, 0.15) is 137 Å². The van der Waals surface area contributed by atoms with E-state index in [1.54, 1.807) is 63.7 Å². The molecule has 12 aromatic heterocycles. The normalized spacial score (nSPS) is 14.9. The molecule has 16 aromatic rings. The number of amides is 7. The number of carbonyl (C=O) groups excluding carboxylic acids is 6. The van der Waals surface area contributed by atoms with Crippen LogP contribution in [0, 0.1) is 5.92 Å². The quantitative estimate of drug-likeness (QED) is 0.0301. The molecule has 10 N–H and O–H groups in total. The third-order valence-corrected chi connectivity index (χ3v) is 25.9. The Morgan fingerprint density at radius 1 is 0.317 bits per heavy atom. The van der Waals surface area contributed by atoms with Crippen molar-refractivity contribution in [1.82, 2.24) is 90.5 Å². The van der Waals surface area contributed by atoms with Crippen molar-refractivity contribution in [2.75, 3.05) is 163 Å². The van der Waals surface area contributed by atoms with Gasteiger partial charge in [0.15, 0.2) is 22.8 Å². The molecular formula is C106H113N29O7. The van der Waals surface area contributed by atoms with Gasteiger partial charge in [0.05, 0.1) is 118 Å². The van der Waals surface area contributed by atoms with Crippen LogP contribution in [-0.2, 0) is 16.1 Å². The zero-order valence-corrected chi connectivity index (χ0v) is 79.8. The van der Waals surface area contributed by atoms with Crippen molar-refractivity contribution in [1.29, 1.82) is 0 Å². The summed E-state index contributed by atoms with van der Waals surface area (Å²) in [6.45, 7) is 12.2. The van der Waals surface area contributed by atoms with Gasteiger partial charge in [-0.05, 0) is 253 Å². The number of carbonyl (C=O) groups is 6. The molecule has 1 saturated carbocycles. The highest BCUT2D eigenvalue weighted by Crippen LogP contribution is 2.37. The van der Waals surface area contributed by atoms with Gasteiger partial charge in [-0.2, -0.15) is 20.4 Å². The summed E-state index contributed by atoms with van der Waals surface area (Å²) in [5.41, 5.74) is 17.7. The van der Waals surface area contributed by atoms with Crippen LogP contribution in [0.5, 0.6) is 0 Å². The lowest BCUT2D eigenvalue weighted by Gasteiger charge is -2.28. The molecule has 0 spiro atoms.